The molecule has 1 aliphatic carbocycles. The quantitative estimate of drug-likeness (QED) is 0.770. The molecule has 1 unspecified atom stereocenters. The molecule has 0 spiro atoms. The van der Waals surface area contributed by atoms with Crippen LogP contribution in [0.4, 0.5) is 0 Å². The smallest absolute Gasteiger partial charge is 0.336 e. The maximum absolute atomic E-state index is 13.2. The monoisotopic (exact) mass is 418 g/mol. The number of nitrogens with zero attached hydrogens (tertiary/aromatic N) is 1. The number of rotatable bonds is 4. The first-order chi connectivity index (χ1) is 13.9. The maximum Gasteiger partial charge on any atom is 0.336 e. The number of fused-ring (bicyclic) bond motifs is 1. The van der Waals surface area contributed by atoms with Crippen LogP contribution in [0.1, 0.15) is 44.9 Å². The van der Waals surface area contributed by atoms with Crippen molar-refractivity contribution in [3.63, 3.8) is 0 Å². The second kappa shape index (κ2) is 8.28. The molecule has 1 amide bonds. The molecule has 7 nitrogen and oxygen atoms in total. The van der Waals surface area contributed by atoms with Gasteiger partial charge in [-0.1, -0.05) is 19.3 Å². The van der Waals surface area contributed by atoms with Gasteiger partial charge in [0.25, 0.3) is 0 Å². The van der Waals surface area contributed by atoms with Gasteiger partial charge in [0.1, 0.15) is 5.58 Å². The number of amides is 1. The van der Waals surface area contributed by atoms with Gasteiger partial charge in [-0.15, -0.1) is 0 Å². The number of carbonyl (C=O) groups excluding carboxylic acids is 1. The summed E-state index contributed by atoms with van der Waals surface area (Å²) in [5.74, 6) is -0.351. The molecule has 4 rings (SSSR count). The molecule has 1 saturated heterocycles. The van der Waals surface area contributed by atoms with Gasteiger partial charge < -0.3 is 9.73 Å². The van der Waals surface area contributed by atoms with Crippen molar-refractivity contribution in [1.29, 1.82) is 0 Å². The second-order valence-electron chi connectivity index (χ2n) is 8.00. The molecule has 2 heterocycles. The van der Waals surface area contributed by atoms with Crippen LogP contribution in [0.25, 0.3) is 11.0 Å². The van der Waals surface area contributed by atoms with Crippen molar-refractivity contribution in [1.82, 2.24) is 9.62 Å². The molecule has 2 aliphatic rings. The lowest BCUT2D eigenvalue weighted by atomic mass is 9.93. The molecule has 1 aromatic heterocycles. The minimum atomic E-state index is -3.73. The molecule has 1 N–H and O–H groups in total. The Balaban J connectivity index is 1.50. The van der Waals surface area contributed by atoms with E-state index < -0.39 is 15.6 Å². The lowest BCUT2D eigenvalue weighted by Crippen LogP contribution is -2.47. The molecule has 0 radical (unpaired) electrons. The van der Waals surface area contributed by atoms with Gasteiger partial charge in [0.2, 0.25) is 15.9 Å². The van der Waals surface area contributed by atoms with Gasteiger partial charge in [-0.2, -0.15) is 4.31 Å². The van der Waals surface area contributed by atoms with E-state index in [-0.39, 0.29) is 29.3 Å². The van der Waals surface area contributed by atoms with Gasteiger partial charge >= 0.3 is 5.63 Å². The summed E-state index contributed by atoms with van der Waals surface area (Å²) in [5.41, 5.74) is -0.129. The summed E-state index contributed by atoms with van der Waals surface area (Å²) in [6.07, 6.45) is 6.87. The Morgan fingerprint density at radius 2 is 1.83 bits per heavy atom. The number of hydrogen-bond donors (Lipinski definition) is 1. The highest BCUT2D eigenvalue weighted by molar-refractivity contribution is 7.89. The fourth-order valence-electron chi connectivity index (χ4n) is 4.30. The summed E-state index contributed by atoms with van der Waals surface area (Å²) in [4.78, 5) is 24.2. The van der Waals surface area contributed by atoms with Crippen molar-refractivity contribution >= 4 is 26.9 Å². The number of benzene rings is 1. The van der Waals surface area contributed by atoms with Gasteiger partial charge in [0.15, 0.2) is 0 Å². The Hall–Kier alpha value is -2.19. The van der Waals surface area contributed by atoms with E-state index in [4.69, 9.17) is 4.42 Å². The zero-order chi connectivity index (χ0) is 20.4. The molecule has 1 aliphatic heterocycles. The number of sulfonamides is 1. The first-order valence-corrected chi connectivity index (χ1v) is 11.7. The van der Waals surface area contributed by atoms with Crippen molar-refractivity contribution in [3.05, 3.63) is 40.8 Å². The molecule has 0 bridgehead atoms. The van der Waals surface area contributed by atoms with Crippen LogP contribution in [0.2, 0.25) is 0 Å². The average molecular weight is 419 g/mol. The summed E-state index contributed by atoms with van der Waals surface area (Å²) in [6, 6.07) is 7.51. The highest BCUT2D eigenvalue weighted by Crippen LogP contribution is 2.26. The molecule has 1 aromatic carbocycles. The van der Waals surface area contributed by atoms with Crippen LogP contribution >= 0.6 is 0 Å². The summed E-state index contributed by atoms with van der Waals surface area (Å²) in [6.45, 7) is 0.597. The third kappa shape index (κ3) is 4.38. The number of nitrogens with one attached hydrogen (secondary N) is 1. The van der Waals surface area contributed by atoms with Crippen molar-refractivity contribution < 1.29 is 17.6 Å². The molecule has 156 valence electrons. The zero-order valence-electron chi connectivity index (χ0n) is 16.3. The van der Waals surface area contributed by atoms with Gasteiger partial charge in [-0.05, 0) is 49.9 Å². The Labute approximate surface area is 170 Å². The van der Waals surface area contributed by atoms with Gasteiger partial charge in [-0.25, -0.2) is 13.2 Å². The van der Waals surface area contributed by atoms with Crippen molar-refractivity contribution in [3.8, 4) is 0 Å². The highest BCUT2D eigenvalue weighted by Gasteiger charge is 2.34. The molecule has 8 heteroatoms. The summed E-state index contributed by atoms with van der Waals surface area (Å²) >= 11 is 0. The van der Waals surface area contributed by atoms with Crippen LogP contribution in [0, 0.1) is 5.92 Å². The molecule has 29 heavy (non-hydrogen) atoms. The zero-order valence-corrected chi connectivity index (χ0v) is 17.1. The highest BCUT2D eigenvalue weighted by atomic mass is 32.2. The van der Waals surface area contributed by atoms with E-state index in [0.717, 1.165) is 25.7 Å². The fourth-order valence-corrected chi connectivity index (χ4v) is 5.86. The molecular weight excluding hydrogens is 392 g/mol. The Kier molecular flexibility index (Phi) is 5.74. The van der Waals surface area contributed by atoms with E-state index in [1.807, 2.05) is 0 Å². The topological polar surface area (TPSA) is 96.7 Å². The number of piperidine rings is 1. The predicted octanol–water partition coefficient (Wildman–Crippen LogP) is 2.64. The van der Waals surface area contributed by atoms with Crippen LogP contribution in [-0.4, -0.2) is 37.8 Å². The van der Waals surface area contributed by atoms with Crippen molar-refractivity contribution in [2.45, 2.75) is 55.9 Å². The standard InChI is InChI=1S/C21H26N2O5S/c24-20-11-8-15-13-18(9-10-19(15)28-20)29(26,27)23-12-4-5-16(14-23)21(25)22-17-6-2-1-3-7-17/h8-11,13,16-17H,1-7,12,14H2,(H,22,25). The molecule has 1 atom stereocenters. The predicted molar refractivity (Wildman–Crippen MR) is 109 cm³/mol. The third-order valence-electron chi connectivity index (χ3n) is 5.94. The number of hydrogen-bond acceptors (Lipinski definition) is 5. The van der Waals surface area contributed by atoms with Crippen LogP contribution in [-0.2, 0) is 14.8 Å². The van der Waals surface area contributed by atoms with E-state index in [9.17, 15) is 18.0 Å². The Morgan fingerprint density at radius 1 is 1.03 bits per heavy atom. The Morgan fingerprint density at radius 3 is 2.62 bits per heavy atom. The second-order valence-corrected chi connectivity index (χ2v) is 9.94. The van der Waals surface area contributed by atoms with E-state index in [0.29, 0.717) is 30.4 Å². The average Bonchev–Trinajstić information content (AvgIpc) is 2.74. The van der Waals surface area contributed by atoms with Gasteiger partial charge in [-0.3, -0.25) is 4.79 Å². The van der Waals surface area contributed by atoms with Crippen LogP contribution in [0.5, 0.6) is 0 Å². The van der Waals surface area contributed by atoms with E-state index in [1.165, 1.54) is 35.0 Å². The lowest BCUT2D eigenvalue weighted by molar-refractivity contribution is -0.127. The largest absolute Gasteiger partial charge is 0.423 e. The minimum Gasteiger partial charge on any atom is -0.423 e. The molecule has 2 aromatic rings. The normalized spacial score (nSPS) is 21.9. The van der Waals surface area contributed by atoms with E-state index in [1.54, 1.807) is 6.07 Å². The van der Waals surface area contributed by atoms with E-state index in [2.05, 4.69) is 5.32 Å². The maximum atomic E-state index is 13.2. The lowest BCUT2D eigenvalue weighted by Gasteiger charge is -2.32. The molecule has 2 fully saturated rings. The third-order valence-corrected chi connectivity index (χ3v) is 7.80. The molecule has 1 saturated carbocycles. The van der Waals surface area contributed by atoms with Gasteiger partial charge in [0, 0.05) is 30.6 Å². The first-order valence-electron chi connectivity index (χ1n) is 10.3. The van der Waals surface area contributed by atoms with Crippen LogP contribution < -0.4 is 10.9 Å². The number of carbonyl (C=O) groups is 1. The van der Waals surface area contributed by atoms with Crippen molar-refractivity contribution in [2.24, 2.45) is 5.92 Å². The summed E-state index contributed by atoms with van der Waals surface area (Å²) in [5, 5.41) is 3.68. The molecular formula is C21H26N2O5S. The van der Waals surface area contributed by atoms with E-state index >= 15 is 0 Å². The van der Waals surface area contributed by atoms with Gasteiger partial charge in [0.05, 0.1) is 10.8 Å². The first kappa shape index (κ1) is 20.1. The summed E-state index contributed by atoms with van der Waals surface area (Å²) in [7, 11) is -3.73. The van der Waals surface area contributed by atoms with Crippen molar-refractivity contribution in [2.75, 3.05) is 13.1 Å². The fraction of sp³-hybridized carbons (Fsp3) is 0.524. The SMILES string of the molecule is O=C(NC1CCCCC1)C1CCCN(S(=O)(=O)c2ccc3oc(=O)ccc3c2)C1. The Bertz CT molecular complexity index is 1060. The van der Waals surface area contributed by atoms with Crippen LogP contribution in [0.3, 0.4) is 0 Å². The van der Waals surface area contributed by atoms with Crippen LogP contribution in [0.15, 0.2) is 44.4 Å². The summed E-state index contributed by atoms with van der Waals surface area (Å²) < 4.78 is 32.8. The minimum absolute atomic E-state index is 0.0305.